The van der Waals surface area contributed by atoms with Crippen LogP contribution >= 0.6 is 0 Å². The van der Waals surface area contributed by atoms with E-state index in [9.17, 15) is 4.79 Å². The van der Waals surface area contributed by atoms with Gasteiger partial charge in [0.15, 0.2) is 5.78 Å². The fraction of sp³-hybridized carbons (Fsp3) is 0.562. The lowest BCUT2D eigenvalue weighted by Gasteiger charge is -2.38. The van der Waals surface area contributed by atoms with Crippen LogP contribution in [0.4, 0.5) is 5.69 Å². The third-order valence-electron chi connectivity index (χ3n) is 3.98. The van der Waals surface area contributed by atoms with E-state index in [0.717, 1.165) is 24.3 Å². The highest BCUT2D eigenvalue weighted by atomic mass is 16.1. The van der Waals surface area contributed by atoms with Gasteiger partial charge >= 0.3 is 0 Å². The quantitative estimate of drug-likeness (QED) is 0.753. The Labute approximate surface area is 110 Å². The Hall–Kier alpha value is -1.31. The fourth-order valence-electron chi connectivity index (χ4n) is 2.53. The minimum absolute atomic E-state index is 0.246. The second kappa shape index (κ2) is 5.13. The summed E-state index contributed by atoms with van der Waals surface area (Å²) in [7, 11) is 0. The zero-order valence-corrected chi connectivity index (χ0v) is 11.7. The second-order valence-electron chi connectivity index (χ2n) is 5.95. The second-order valence-corrected chi connectivity index (χ2v) is 5.95. The molecule has 1 heterocycles. The summed E-state index contributed by atoms with van der Waals surface area (Å²) in [6.45, 7) is 8.70. The average Bonchev–Trinajstić information content (AvgIpc) is 2.38. The van der Waals surface area contributed by atoms with Crippen molar-refractivity contribution in [2.75, 3.05) is 18.0 Å². The molecule has 2 nitrogen and oxygen atoms in total. The highest BCUT2D eigenvalue weighted by molar-refractivity contribution is 6.01. The van der Waals surface area contributed by atoms with Crippen molar-refractivity contribution in [3.63, 3.8) is 0 Å². The van der Waals surface area contributed by atoms with Gasteiger partial charge in [0, 0.05) is 30.8 Å². The van der Waals surface area contributed by atoms with E-state index in [1.54, 1.807) is 0 Å². The van der Waals surface area contributed by atoms with Gasteiger partial charge in [-0.3, -0.25) is 4.79 Å². The van der Waals surface area contributed by atoms with E-state index in [0.29, 0.717) is 11.8 Å². The zero-order chi connectivity index (χ0) is 13.2. The topological polar surface area (TPSA) is 20.3 Å². The number of benzene rings is 1. The molecule has 2 rings (SSSR count). The van der Waals surface area contributed by atoms with Crippen LogP contribution in [0.15, 0.2) is 24.3 Å². The molecule has 2 heteroatoms. The lowest BCUT2D eigenvalue weighted by atomic mass is 9.82. The summed E-state index contributed by atoms with van der Waals surface area (Å²) in [4.78, 5) is 14.3. The van der Waals surface area contributed by atoms with Crippen molar-refractivity contribution in [3.05, 3.63) is 29.8 Å². The third-order valence-corrected chi connectivity index (χ3v) is 3.98. The number of hydrogen-bond acceptors (Lipinski definition) is 2. The Balaban J connectivity index is 2.21. The van der Waals surface area contributed by atoms with Gasteiger partial charge in [-0.05, 0) is 30.4 Å². The Kier molecular flexibility index (Phi) is 3.74. The molecule has 0 aromatic heterocycles. The first-order valence-corrected chi connectivity index (χ1v) is 6.91. The first kappa shape index (κ1) is 13.1. The molecule has 1 saturated heterocycles. The normalized spacial score (nSPS) is 18.7. The van der Waals surface area contributed by atoms with Crippen LogP contribution in [0.2, 0.25) is 0 Å². The summed E-state index contributed by atoms with van der Waals surface area (Å²) >= 11 is 0. The number of carbonyl (C=O) groups is 1. The summed E-state index contributed by atoms with van der Waals surface area (Å²) in [6, 6.07) is 8.03. The number of piperidine rings is 1. The maximum atomic E-state index is 12.0. The molecule has 0 aliphatic carbocycles. The van der Waals surface area contributed by atoms with Crippen LogP contribution in [0.1, 0.15) is 50.4 Å². The molecule has 1 fully saturated rings. The number of nitrogens with zero attached hydrogens (tertiary/aromatic N) is 1. The van der Waals surface area contributed by atoms with E-state index >= 15 is 0 Å². The largest absolute Gasteiger partial charge is 0.371 e. The van der Waals surface area contributed by atoms with Crippen molar-refractivity contribution < 1.29 is 4.79 Å². The number of para-hydroxylation sites is 1. The van der Waals surface area contributed by atoms with Crippen LogP contribution in [0.25, 0.3) is 0 Å². The summed E-state index contributed by atoms with van der Waals surface area (Å²) in [5.41, 5.74) is 2.46. The molecule has 0 unspecified atom stereocenters. The standard InChI is InChI=1S/C16H23NO/c1-4-15(18)13-7-5-6-8-14(13)17-11-9-16(2,3)10-12-17/h5-8H,4,9-12H2,1-3H3. The van der Waals surface area contributed by atoms with Gasteiger partial charge in [0.2, 0.25) is 0 Å². The minimum atomic E-state index is 0.246. The molecule has 0 radical (unpaired) electrons. The van der Waals surface area contributed by atoms with Crippen LogP contribution < -0.4 is 4.90 Å². The SMILES string of the molecule is CCC(=O)c1ccccc1N1CCC(C)(C)CC1. The summed E-state index contributed by atoms with van der Waals surface area (Å²) in [5.74, 6) is 0.246. The molecule has 1 aromatic rings. The average molecular weight is 245 g/mol. The van der Waals surface area contributed by atoms with Gasteiger partial charge in [-0.15, -0.1) is 0 Å². The minimum Gasteiger partial charge on any atom is -0.371 e. The number of rotatable bonds is 3. The maximum absolute atomic E-state index is 12.0. The number of hydrogen-bond donors (Lipinski definition) is 0. The predicted octanol–water partition coefficient (Wildman–Crippen LogP) is 3.91. The molecule has 1 aromatic carbocycles. The summed E-state index contributed by atoms with van der Waals surface area (Å²) in [5, 5.41) is 0. The molecule has 0 saturated carbocycles. The third kappa shape index (κ3) is 2.74. The van der Waals surface area contributed by atoms with E-state index in [2.05, 4.69) is 24.8 Å². The fourth-order valence-corrected chi connectivity index (χ4v) is 2.53. The monoisotopic (exact) mass is 245 g/mol. The predicted molar refractivity (Wildman–Crippen MR) is 76.3 cm³/mol. The zero-order valence-electron chi connectivity index (χ0n) is 11.7. The first-order valence-electron chi connectivity index (χ1n) is 6.91. The van der Waals surface area contributed by atoms with Crippen LogP contribution in [-0.2, 0) is 0 Å². The van der Waals surface area contributed by atoms with Crippen molar-refractivity contribution in [1.29, 1.82) is 0 Å². The van der Waals surface area contributed by atoms with Crippen molar-refractivity contribution in [1.82, 2.24) is 0 Å². The molecule has 0 spiro atoms. The molecule has 0 atom stereocenters. The Morgan fingerprint density at radius 3 is 2.44 bits per heavy atom. The van der Waals surface area contributed by atoms with E-state index in [-0.39, 0.29) is 5.78 Å². The van der Waals surface area contributed by atoms with Gasteiger partial charge < -0.3 is 4.90 Å². The number of ketones is 1. The van der Waals surface area contributed by atoms with Gasteiger partial charge in [0.1, 0.15) is 0 Å². The van der Waals surface area contributed by atoms with E-state index < -0.39 is 0 Å². The van der Waals surface area contributed by atoms with Crippen LogP contribution in [-0.4, -0.2) is 18.9 Å². The number of anilines is 1. The highest BCUT2D eigenvalue weighted by Gasteiger charge is 2.26. The molecular weight excluding hydrogens is 222 g/mol. The van der Waals surface area contributed by atoms with Gasteiger partial charge in [0.25, 0.3) is 0 Å². The van der Waals surface area contributed by atoms with Gasteiger partial charge in [-0.25, -0.2) is 0 Å². The van der Waals surface area contributed by atoms with Crippen LogP contribution in [0.5, 0.6) is 0 Å². The van der Waals surface area contributed by atoms with Crippen molar-refractivity contribution in [2.24, 2.45) is 5.41 Å². The lowest BCUT2D eigenvalue weighted by Crippen LogP contribution is -2.38. The van der Waals surface area contributed by atoms with Gasteiger partial charge in [0.05, 0.1) is 0 Å². The highest BCUT2D eigenvalue weighted by Crippen LogP contribution is 2.33. The first-order chi connectivity index (χ1) is 8.53. The molecule has 1 aliphatic heterocycles. The summed E-state index contributed by atoms with van der Waals surface area (Å²) in [6.07, 6.45) is 2.97. The molecule has 0 amide bonds. The number of carbonyl (C=O) groups excluding carboxylic acids is 1. The van der Waals surface area contributed by atoms with Crippen molar-refractivity contribution >= 4 is 11.5 Å². The van der Waals surface area contributed by atoms with Gasteiger partial charge in [-0.1, -0.05) is 32.9 Å². The molecule has 98 valence electrons. The molecule has 0 bridgehead atoms. The molecule has 1 aliphatic rings. The maximum Gasteiger partial charge on any atom is 0.164 e. The molecule has 18 heavy (non-hydrogen) atoms. The number of Topliss-reactive ketones (excluding diaryl/α,β-unsaturated/α-hetero) is 1. The van der Waals surface area contributed by atoms with E-state index in [1.165, 1.54) is 12.8 Å². The lowest BCUT2D eigenvalue weighted by molar-refractivity contribution is 0.0988. The van der Waals surface area contributed by atoms with Gasteiger partial charge in [-0.2, -0.15) is 0 Å². The van der Waals surface area contributed by atoms with Crippen LogP contribution in [0.3, 0.4) is 0 Å². The Bertz CT molecular complexity index is 426. The smallest absolute Gasteiger partial charge is 0.164 e. The van der Waals surface area contributed by atoms with E-state index in [4.69, 9.17) is 0 Å². The summed E-state index contributed by atoms with van der Waals surface area (Å²) < 4.78 is 0. The molecular formula is C16H23NO. The molecule has 0 N–H and O–H groups in total. The van der Waals surface area contributed by atoms with Crippen molar-refractivity contribution in [3.8, 4) is 0 Å². The van der Waals surface area contributed by atoms with Crippen LogP contribution in [0, 0.1) is 5.41 Å². The van der Waals surface area contributed by atoms with E-state index in [1.807, 2.05) is 25.1 Å². The Morgan fingerprint density at radius 1 is 1.22 bits per heavy atom. The van der Waals surface area contributed by atoms with Crippen molar-refractivity contribution in [2.45, 2.75) is 40.0 Å². The Morgan fingerprint density at radius 2 is 1.83 bits per heavy atom.